The van der Waals surface area contributed by atoms with E-state index in [1.807, 2.05) is 66.7 Å². The summed E-state index contributed by atoms with van der Waals surface area (Å²) in [6.07, 6.45) is 0. The molecule has 0 heterocycles. The van der Waals surface area contributed by atoms with E-state index in [0.717, 1.165) is 16.7 Å². The van der Waals surface area contributed by atoms with Crippen molar-refractivity contribution in [3.8, 4) is 0 Å². The summed E-state index contributed by atoms with van der Waals surface area (Å²) in [6, 6.07) is 24.6. The number of benzene rings is 3. The zero-order valence-corrected chi connectivity index (χ0v) is 16.4. The second kappa shape index (κ2) is 9.40. The molecule has 5 heteroatoms. The van der Waals surface area contributed by atoms with Crippen LogP contribution in [0.5, 0.6) is 0 Å². The molecule has 0 fully saturated rings. The van der Waals surface area contributed by atoms with E-state index in [1.54, 1.807) is 12.1 Å². The van der Waals surface area contributed by atoms with Crippen molar-refractivity contribution in [2.75, 3.05) is 6.54 Å². The van der Waals surface area contributed by atoms with Crippen molar-refractivity contribution in [1.29, 1.82) is 0 Å². The SMILES string of the molecule is Cl.OC(CNCc1ccc(Cl)cc1)(c1ccccc1)c1ccc(Cl)cc1. The molecule has 1 atom stereocenters. The van der Waals surface area contributed by atoms with Gasteiger partial charge in [-0.05, 0) is 41.0 Å². The highest BCUT2D eigenvalue weighted by Gasteiger charge is 2.31. The lowest BCUT2D eigenvalue weighted by atomic mass is 9.86. The number of nitrogens with one attached hydrogen (secondary N) is 1. The fourth-order valence-electron chi connectivity index (χ4n) is 2.80. The molecule has 0 saturated carbocycles. The normalized spacial score (nSPS) is 12.9. The number of aliphatic hydroxyl groups is 1. The lowest BCUT2D eigenvalue weighted by Crippen LogP contribution is -2.39. The van der Waals surface area contributed by atoms with Gasteiger partial charge in [-0.3, -0.25) is 0 Å². The van der Waals surface area contributed by atoms with Gasteiger partial charge in [0.2, 0.25) is 0 Å². The summed E-state index contributed by atoms with van der Waals surface area (Å²) in [5.74, 6) is 0. The fourth-order valence-corrected chi connectivity index (χ4v) is 3.05. The average molecular weight is 409 g/mol. The second-order valence-corrected chi connectivity index (χ2v) is 6.84. The van der Waals surface area contributed by atoms with Crippen LogP contribution in [0.1, 0.15) is 16.7 Å². The molecule has 3 aromatic rings. The summed E-state index contributed by atoms with van der Waals surface area (Å²) in [7, 11) is 0. The Morgan fingerprint density at radius 1 is 0.731 bits per heavy atom. The van der Waals surface area contributed by atoms with Gasteiger partial charge >= 0.3 is 0 Å². The summed E-state index contributed by atoms with van der Waals surface area (Å²) >= 11 is 11.9. The minimum absolute atomic E-state index is 0. The molecule has 0 amide bonds. The van der Waals surface area contributed by atoms with Crippen molar-refractivity contribution in [2.45, 2.75) is 12.1 Å². The predicted molar refractivity (Wildman–Crippen MR) is 111 cm³/mol. The van der Waals surface area contributed by atoms with E-state index in [1.165, 1.54) is 0 Å². The Morgan fingerprint density at radius 3 is 1.81 bits per heavy atom. The molecule has 2 nitrogen and oxygen atoms in total. The molecule has 0 bridgehead atoms. The first-order valence-electron chi connectivity index (χ1n) is 8.07. The molecular weight excluding hydrogens is 389 g/mol. The molecule has 2 N–H and O–H groups in total. The summed E-state index contributed by atoms with van der Waals surface area (Å²) in [6.45, 7) is 1.02. The first kappa shape index (κ1) is 20.8. The Labute approximate surface area is 170 Å². The molecule has 3 rings (SSSR count). The third-order valence-electron chi connectivity index (χ3n) is 4.20. The monoisotopic (exact) mass is 407 g/mol. The van der Waals surface area contributed by atoms with E-state index in [4.69, 9.17) is 23.2 Å². The van der Waals surface area contributed by atoms with E-state index < -0.39 is 5.60 Å². The first-order chi connectivity index (χ1) is 12.1. The smallest absolute Gasteiger partial charge is 0.127 e. The van der Waals surface area contributed by atoms with Crippen LogP contribution in [-0.4, -0.2) is 11.7 Å². The first-order valence-corrected chi connectivity index (χ1v) is 8.83. The van der Waals surface area contributed by atoms with Crippen LogP contribution in [0, 0.1) is 0 Å². The van der Waals surface area contributed by atoms with Crippen molar-refractivity contribution >= 4 is 35.6 Å². The van der Waals surface area contributed by atoms with Gasteiger partial charge in [-0.25, -0.2) is 0 Å². The Morgan fingerprint density at radius 2 is 1.23 bits per heavy atom. The Bertz CT molecular complexity index is 807. The highest BCUT2D eigenvalue weighted by atomic mass is 35.5. The third kappa shape index (κ3) is 5.00. The maximum atomic E-state index is 11.4. The molecule has 0 saturated heterocycles. The molecule has 3 aromatic carbocycles. The highest BCUT2D eigenvalue weighted by Crippen LogP contribution is 2.30. The summed E-state index contributed by atoms with van der Waals surface area (Å²) in [5, 5.41) is 16.1. The molecular formula is C21H20Cl3NO. The van der Waals surface area contributed by atoms with Gasteiger partial charge in [0, 0.05) is 23.1 Å². The molecule has 1 unspecified atom stereocenters. The lowest BCUT2D eigenvalue weighted by Gasteiger charge is -2.30. The number of rotatable bonds is 6. The minimum atomic E-state index is -1.14. The fraction of sp³-hybridized carbons (Fsp3) is 0.143. The Balaban J connectivity index is 0.00000243. The Kier molecular flexibility index (Phi) is 7.51. The minimum Gasteiger partial charge on any atom is -0.379 e. The van der Waals surface area contributed by atoms with Crippen molar-refractivity contribution in [3.63, 3.8) is 0 Å². The highest BCUT2D eigenvalue weighted by molar-refractivity contribution is 6.30. The van der Waals surface area contributed by atoms with Crippen molar-refractivity contribution in [1.82, 2.24) is 5.32 Å². The van der Waals surface area contributed by atoms with Crippen LogP contribution >= 0.6 is 35.6 Å². The van der Waals surface area contributed by atoms with Gasteiger partial charge in [-0.1, -0.05) is 77.8 Å². The van der Waals surface area contributed by atoms with Gasteiger partial charge in [0.25, 0.3) is 0 Å². The molecule has 0 radical (unpaired) electrons. The van der Waals surface area contributed by atoms with E-state index in [2.05, 4.69) is 5.32 Å². The Hall–Kier alpha value is -1.55. The summed E-state index contributed by atoms with van der Waals surface area (Å²) < 4.78 is 0. The van der Waals surface area contributed by atoms with Crippen LogP contribution in [0.2, 0.25) is 10.0 Å². The van der Waals surface area contributed by atoms with E-state index in [0.29, 0.717) is 23.1 Å². The van der Waals surface area contributed by atoms with Crippen LogP contribution in [0.15, 0.2) is 78.9 Å². The van der Waals surface area contributed by atoms with Crippen LogP contribution in [0.4, 0.5) is 0 Å². The zero-order chi connectivity index (χ0) is 17.7. The maximum absolute atomic E-state index is 11.4. The van der Waals surface area contributed by atoms with Gasteiger partial charge < -0.3 is 10.4 Å². The summed E-state index contributed by atoms with van der Waals surface area (Å²) in [5.41, 5.74) is 1.60. The van der Waals surface area contributed by atoms with Crippen LogP contribution < -0.4 is 5.32 Å². The van der Waals surface area contributed by atoms with Crippen molar-refractivity contribution < 1.29 is 5.11 Å². The van der Waals surface area contributed by atoms with Gasteiger partial charge in [0.05, 0.1) is 0 Å². The molecule has 0 aliphatic rings. The molecule has 26 heavy (non-hydrogen) atoms. The number of hydrogen-bond acceptors (Lipinski definition) is 2. The maximum Gasteiger partial charge on any atom is 0.127 e. The summed E-state index contributed by atoms with van der Waals surface area (Å²) in [4.78, 5) is 0. The van der Waals surface area contributed by atoms with E-state index >= 15 is 0 Å². The molecule has 136 valence electrons. The van der Waals surface area contributed by atoms with E-state index in [-0.39, 0.29) is 12.4 Å². The molecule has 0 spiro atoms. The molecule has 0 aliphatic heterocycles. The molecule has 0 aliphatic carbocycles. The van der Waals surface area contributed by atoms with E-state index in [9.17, 15) is 5.11 Å². The largest absolute Gasteiger partial charge is 0.379 e. The van der Waals surface area contributed by atoms with Gasteiger partial charge in [0.15, 0.2) is 0 Å². The van der Waals surface area contributed by atoms with Crippen LogP contribution in [0.25, 0.3) is 0 Å². The standard InChI is InChI=1S/C21H19Cl2NO.ClH/c22-19-10-6-16(7-11-19)14-24-15-21(25,17-4-2-1-3-5-17)18-8-12-20(23)13-9-18;/h1-13,24-25H,14-15H2;1H. The number of hydrogen-bond donors (Lipinski definition) is 2. The van der Waals surface area contributed by atoms with Gasteiger partial charge in [-0.15, -0.1) is 12.4 Å². The zero-order valence-electron chi connectivity index (χ0n) is 14.0. The average Bonchev–Trinajstić information content (AvgIpc) is 2.64. The third-order valence-corrected chi connectivity index (χ3v) is 4.70. The van der Waals surface area contributed by atoms with Gasteiger partial charge in [0.1, 0.15) is 5.60 Å². The topological polar surface area (TPSA) is 32.3 Å². The lowest BCUT2D eigenvalue weighted by molar-refractivity contribution is 0.0796. The van der Waals surface area contributed by atoms with Crippen molar-refractivity contribution in [2.24, 2.45) is 0 Å². The predicted octanol–water partition coefficient (Wildman–Crippen LogP) is 5.44. The van der Waals surface area contributed by atoms with Crippen LogP contribution in [0.3, 0.4) is 0 Å². The van der Waals surface area contributed by atoms with Gasteiger partial charge in [-0.2, -0.15) is 0 Å². The quantitative estimate of drug-likeness (QED) is 0.569. The van der Waals surface area contributed by atoms with Crippen molar-refractivity contribution in [3.05, 3.63) is 106 Å². The molecule has 0 aromatic heterocycles. The number of halogens is 3. The van der Waals surface area contributed by atoms with Crippen LogP contribution in [-0.2, 0) is 12.1 Å². The second-order valence-electron chi connectivity index (χ2n) is 5.96.